The van der Waals surface area contributed by atoms with Crippen LogP contribution in [-0.4, -0.2) is 26.5 Å². The van der Waals surface area contributed by atoms with Gasteiger partial charge in [0.2, 0.25) is 0 Å². The molecule has 0 saturated heterocycles. The Balaban J connectivity index is 3.21. The lowest BCUT2D eigenvalue weighted by Crippen LogP contribution is -2.22. The highest BCUT2D eigenvalue weighted by Crippen LogP contribution is 2.37. The first-order valence-corrected chi connectivity index (χ1v) is 6.49. The summed E-state index contributed by atoms with van der Waals surface area (Å²) in [7, 11) is 3.45. The molecule has 0 radical (unpaired) electrons. The van der Waals surface area contributed by atoms with Gasteiger partial charge in [-0.05, 0) is 5.92 Å². The number of amides is 1. The lowest BCUT2D eigenvalue weighted by molar-refractivity contribution is 0.0968. The summed E-state index contributed by atoms with van der Waals surface area (Å²) in [5.74, 6) is 0.214. The summed E-state index contributed by atoms with van der Waals surface area (Å²) >= 11 is 1.26. The second-order valence-corrected chi connectivity index (χ2v) is 5.49. The first kappa shape index (κ1) is 14.3. The van der Waals surface area contributed by atoms with E-state index < -0.39 is 0 Å². The topological polar surface area (TPSA) is 82.2 Å². The van der Waals surface area contributed by atoms with Crippen LogP contribution >= 0.6 is 11.3 Å². The lowest BCUT2D eigenvalue weighted by Gasteiger charge is -2.19. The standard InChI is InChI=1S/C12H18N4OS/c1-7(2)6-16(4)12-8(5-13)9(14)10(18-12)11(17)15-3/h7H,6,14H2,1-4H3,(H,15,17). The highest BCUT2D eigenvalue weighted by atomic mass is 32.1. The van der Waals surface area contributed by atoms with Crippen LogP contribution in [0.4, 0.5) is 10.7 Å². The average molecular weight is 266 g/mol. The molecule has 0 bridgehead atoms. The minimum atomic E-state index is -0.252. The van der Waals surface area contributed by atoms with E-state index in [0.717, 1.165) is 11.5 Å². The molecule has 0 fully saturated rings. The molecule has 1 heterocycles. The number of carbonyl (C=O) groups excluding carboxylic acids is 1. The maximum Gasteiger partial charge on any atom is 0.263 e. The maximum atomic E-state index is 11.7. The van der Waals surface area contributed by atoms with E-state index >= 15 is 0 Å². The van der Waals surface area contributed by atoms with Crippen molar-refractivity contribution in [2.45, 2.75) is 13.8 Å². The van der Waals surface area contributed by atoms with Gasteiger partial charge in [0.05, 0.1) is 5.69 Å². The molecule has 0 unspecified atom stereocenters. The molecule has 6 heteroatoms. The monoisotopic (exact) mass is 266 g/mol. The molecule has 0 aliphatic rings. The van der Waals surface area contributed by atoms with Gasteiger partial charge >= 0.3 is 0 Å². The molecular formula is C12H18N4OS. The second kappa shape index (κ2) is 5.74. The molecule has 1 aromatic heterocycles. The maximum absolute atomic E-state index is 11.7. The third-order valence-electron chi connectivity index (χ3n) is 2.46. The van der Waals surface area contributed by atoms with Gasteiger partial charge in [0.1, 0.15) is 21.5 Å². The molecule has 3 N–H and O–H groups in total. The van der Waals surface area contributed by atoms with E-state index in [0.29, 0.717) is 16.4 Å². The molecule has 0 saturated carbocycles. The Labute approximate surface area is 111 Å². The minimum absolute atomic E-state index is 0.252. The normalized spacial score (nSPS) is 10.2. The number of anilines is 2. The van der Waals surface area contributed by atoms with Gasteiger partial charge in [0.15, 0.2) is 0 Å². The van der Waals surface area contributed by atoms with Gasteiger partial charge in [-0.25, -0.2) is 0 Å². The van der Waals surface area contributed by atoms with E-state index in [2.05, 4.69) is 25.2 Å². The first-order chi connectivity index (χ1) is 8.42. The number of carbonyl (C=O) groups is 1. The Hall–Kier alpha value is -1.74. The Morgan fingerprint density at radius 1 is 1.61 bits per heavy atom. The number of nitrogens with one attached hydrogen (secondary N) is 1. The van der Waals surface area contributed by atoms with Crippen LogP contribution in [-0.2, 0) is 0 Å². The molecule has 1 rings (SSSR count). The first-order valence-electron chi connectivity index (χ1n) is 5.67. The van der Waals surface area contributed by atoms with Crippen LogP contribution in [0.5, 0.6) is 0 Å². The van der Waals surface area contributed by atoms with E-state index in [-0.39, 0.29) is 11.6 Å². The smallest absolute Gasteiger partial charge is 0.263 e. The van der Waals surface area contributed by atoms with Gasteiger partial charge in [-0.2, -0.15) is 5.26 Å². The van der Waals surface area contributed by atoms with Crippen LogP contribution in [0.3, 0.4) is 0 Å². The number of hydrogen-bond acceptors (Lipinski definition) is 5. The molecule has 0 spiro atoms. The van der Waals surface area contributed by atoms with Crippen molar-refractivity contribution in [1.29, 1.82) is 5.26 Å². The largest absolute Gasteiger partial charge is 0.396 e. The van der Waals surface area contributed by atoms with Gasteiger partial charge in [-0.3, -0.25) is 4.79 Å². The molecule has 0 aromatic carbocycles. The van der Waals surface area contributed by atoms with E-state index in [1.165, 1.54) is 11.3 Å². The predicted molar refractivity (Wildman–Crippen MR) is 74.9 cm³/mol. The number of nitrogen functional groups attached to an aromatic ring is 1. The third-order valence-corrected chi connectivity index (χ3v) is 3.78. The van der Waals surface area contributed by atoms with E-state index in [4.69, 9.17) is 11.0 Å². The van der Waals surface area contributed by atoms with Crippen LogP contribution in [0.15, 0.2) is 0 Å². The Bertz CT molecular complexity index is 487. The summed E-state index contributed by atoms with van der Waals surface area (Å²) in [6.07, 6.45) is 0. The highest BCUT2D eigenvalue weighted by Gasteiger charge is 2.22. The average Bonchev–Trinajstić information content (AvgIpc) is 2.64. The number of nitriles is 1. The van der Waals surface area contributed by atoms with Crippen LogP contribution in [0.1, 0.15) is 29.1 Å². The van der Waals surface area contributed by atoms with Crippen LogP contribution in [0.2, 0.25) is 0 Å². The fourth-order valence-electron chi connectivity index (χ4n) is 1.72. The van der Waals surface area contributed by atoms with Gasteiger partial charge in [0.25, 0.3) is 5.91 Å². The molecule has 0 aliphatic heterocycles. The molecule has 5 nitrogen and oxygen atoms in total. The van der Waals surface area contributed by atoms with Crippen molar-refractivity contribution in [3.05, 3.63) is 10.4 Å². The van der Waals surface area contributed by atoms with Crippen LogP contribution < -0.4 is 16.0 Å². The lowest BCUT2D eigenvalue weighted by atomic mass is 10.2. The summed E-state index contributed by atoms with van der Waals surface area (Å²) in [6.45, 7) is 5.00. The number of thiophene rings is 1. The van der Waals surface area contributed by atoms with Gasteiger partial charge in [-0.15, -0.1) is 11.3 Å². The zero-order chi connectivity index (χ0) is 13.9. The van der Waals surface area contributed by atoms with Crippen molar-refractivity contribution >= 4 is 27.9 Å². The van der Waals surface area contributed by atoms with Crippen molar-refractivity contribution in [3.63, 3.8) is 0 Å². The summed E-state index contributed by atoms with van der Waals surface area (Å²) in [5.41, 5.74) is 6.52. The van der Waals surface area contributed by atoms with Gasteiger partial charge in [0, 0.05) is 20.6 Å². The zero-order valence-corrected chi connectivity index (χ0v) is 11.9. The Morgan fingerprint density at radius 3 is 2.67 bits per heavy atom. The van der Waals surface area contributed by atoms with E-state index in [9.17, 15) is 4.79 Å². The summed E-state index contributed by atoms with van der Waals surface area (Å²) < 4.78 is 0. The Morgan fingerprint density at radius 2 is 2.22 bits per heavy atom. The number of rotatable bonds is 4. The van der Waals surface area contributed by atoms with Gasteiger partial charge in [-0.1, -0.05) is 13.8 Å². The summed E-state index contributed by atoms with van der Waals surface area (Å²) in [4.78, 5) is 14.0. The molecule has 18 heavy (non-hydrogen) atoms. The zero-order valence-electron chi connectivity index (χ0n) is 11.1. The fourth-order valence-corrected chi connectivity index (χ4v) is 2.81. The third kappa shape index (κ3) is 2.74. The number of hydrogen-bond donors (Lipinski definition) is 2. The molecule has 0 aliphatic carbocycles. The molecule has 98 valence electrons. The molecule has 1 aromatic rings. The number of nitrogens with two attached hydrogens (primary N) is 1. The van der Waals surface area contributed by atoms with E-state index in [1.54, 1.807) is 7.05 Å². The molecule has 1 amide bonds. The number of nitrogens with zero attached hydrogens (tertiary/aromatic N) is 2. The summed E-state index contributed by atoms with van der Waals surface area (Å²) in [6, 6.07) is 2.08. The fraction of sp³-hybridized carbons (Fsp3) is 0.500. The highest BCUT2D eigenvalue weighted by molar-refractivity contribution is 7.19. The van der Waals surface area contributed by atoms with Crippen molar-refractivity contribution < 1.29 is 4.79 Å². The molecular weight excluding hydrogens is 248 g/mol. The van der Waals surface area contributed by atoms with Crippen molar-refractivity contribution in [2.75, 3.05) is 31.3 Å². The van der Waals surface area contributed by atoms with Crippen LogP contribution in [0, 0.1) is 17.2 Å². The Kier molecular flexibility index (Phi) is 4.56. The predicted octanol–water partition coefficient (Wildman–Crippen LogP) is 1.65. The van der Waals surface area contributed by atoms with Crippen molar-refractivity contribution in [3.8, 4) is 6.07 Å². The van der Waals surface area contributed by atoms with Crippen LogP contribution in [0.25, 0.3) is 0 Å². The minimum Gasteiger partial charge on any atom is -0.396 e. The van der Waals surface area contributed by atoms with E-state index in [1.807, 2.05) is 11.9 Å². The van der Waals surface area contributed by atoms with Gasteiger partial charge < -0.3 is 16.0 Å². The summed E-state index contributed by atoms with van der Waals surface area (Å²) in [5, 5.41) is 12.5. The molecule has 0 atom stereocenters. The quantitative estimate of drug-likeness (QED) is 0.868. The SMILES string of the molecule is CNC(=O)c1sc(N(C)CC(C)C)c(C#N)c1N. The second-order valence-electron chi connectivity index (χ2n) is 4.49. The van der Waals surface area contributed by atoms with Crippen molar-refractivity contribution in [1.82, 2.24) is 5.32 Å². The van der Waals surface area contributed by atoms with Crippen molar-refractivity contribution in [2.24, 2.45) is 5.92 Å².